The molecular formula is C21H28N4O2. The van der Waals surface area contributed by atoms with Crippen molar-refractivity contribution >= 4 is 17.4 Å². The minimum absolute atomic E-state index is 0.0788. The number of aromatic nitrogens is 1. The smallest absolute Gasteiger partial charge is 0.255 e. The summed E-state index contributed by atoms with van der Waals surface area (Å²) in [5, 5.41) is 3.05. The van der Waals surface area contributed by atoms with Gasteiger partial charge in [0, 0.05) is 44.6 Å². The average molecular weight is 368 g/mol. The number of morpholine rings is 1. The maximum Gasteiger partial charge on any atom is 0.255 e. The molecule has 6 heteroatoms. The van der Waals surface area contributed by atoms with Crippen molar-refractivity contribution in [1.29, 1.82) is 0 Å². The highest BCUT2D eigenvalue weighted by Gasteiger charge is 2.19. The fourth-order valence-electron chi connectivity index (χ4n) is 3.30. The van der Waals surface area contributed by atoms with E-state index in [4.69, 9.17) is 4.74 Å². The Balaban J connectivity index is 1.61. The Morgan fingerprint density at radius 2 is 2.07 bits per heavy atom. The monoisotopic (exact) mass is 368 g/mol. The van der Waals surface area contributed by atoms with Crippen LogP contribution in [0.4, 0.5) is 11.5 Å². The van der Waals surface area contributed by atoms with E-state index < -0.39 is 0 Å². The van der Waals surface area contributed by atoms with Gasteiger partial charge >= 0.3 is 0 Å². The first kappa shape index (κ1) is 19.2. The number of nitrogens with one attached hydrogen (secondary N) is 1. The zero-order valence-corrected chi connectivity index (χ0v) is 16.1. The van der Waals surface area contributed by atoms with Gasteiger partial charge in [0.25, 0.3) is 5.91 Å². The van der Waals surface area contributed by atoms with Gasteiger partial charge in [0.1, 0.15) is 5.82 Å². The standard InChI is InChI=1S/C21H28N4O2/c1-3-24(18-7-4-6-17(2)16-18)11-10-23-21(26)19-8-5-9-22-20(19)25-12-14-27-15-13-25/h4-9,16H,3,10-15H2,1-2H3,(H,23,26). The van der Waals surface area contributed by atoms with Crippen LogP contribution < -0.4 is 15.1 Å². The Hall–Kier alpha value is -2.60. The quantitative estimate of drug-likeness (QED) is 0.814. The second-order valence-electron chi connectivity index (χ2n) is 6.65. The molecule has 0 radical (unpaired) electrons. The first-order chi connectivity index (χ1) is 13.2. The lowest BCUT2D eigenvalue weighted by molar-refractivity contribution is 0.0952. The number of aryl methyl sites for hydroxylation is 1. The second kappa shape index (κ2) is 9.37. The molecule has 1 N–H and O–H groups in total. The Morgan fingerprint density at radius 3 is 2.81 bits per heavy atom. The van der Waals surface area contributed by atoms with E-state index >= 15 is 0 Å². The van der Waals surface area contributed by atoms with E-state index in [1.165, 1.54) is 11.3 Å². The van der Waals surface area contributed by atoms with E-state index in [0.717, 1.165) is 32.0 Å². The lowest BCUT2D eigenvalue weighted by Gasteiger charge is -2.29. The zero-order chi connectivity index (χ0) is 19.1. The molecule has 3 rings (SSSR count). The third kappa shape index (κ3) is 4.98. The summed E-state index contributed by atoms with van der Waals surface area (Å²) in [5.74, 6) is 0.661. The molecule has 1 aromatic heterocycles. The van der Waals surface area contributed by atoms with Gasteiger partial charge in [-0.1, -0.05) is 12.1 Å². The van der Waals surface area contributed by atoms with Crippen LogP contribution in [-0.4, -0.2) is 56.8 Å². The number of amides is 1. The summed E-state index contributed by atoms with van der Waals surface area (Å²) in [6, 6.07) is 12.1. The first-order valence-electron chi connectivity index (χ1n) is 9.56. The van der Waals surface area contributed by atoms with Crippen LogP contribution >= 0.6 is 0 Å². The summed E-state index contributed by atoms with van der Waals surface area (Å²) in [7, 11) is 0. The fourth-order valence-corrected chi connectivity index (χ4v) is 3.30. The van der Waals surface area contributed by atoms with Gasteiger partial charge in [-0.3, -0.25) is 4.79 Å². The fraction of sp³-hybridized carbons (Fsp3) is 0.429. The molecule has 0 spiro atoms. The number of carbonyl (C=O) groups is 1. The molecule has 144 valence electrons. The number of pyridine rings is 1. The van der Waals surface area contributed by atoms with Crippen LogP contribution in [0.1, 0.15) is 22.8 Å². The van der Waals surface area contributed by atoms with Crippen molar-refractivity contribution in [3.63, 3.8) is 0 Å². The van der Waals surface area contributed by atoms with Crippen LogP contribution in [0, 0.1) is 6.92 Å². The number of likely N-dealkylation sites (N-methyl/N-ethyl adjacent to an activating group) is 1. The van der Waals surface area contributed by atoms with Gasteiger partial charge in [-0.25, -0.2) is 4.98 Å². The molecule has 0 saturated carbocycles. The highest BCUT2D eigenvalue weighted by molar-refractivity contribution is 5.98. The number of benzene rings is 1. The average Bonchev–Trinajstić information content (AvgIpc) is 2.71. The molecule has 0 bridgehead atoms. The number of anilines is 2. The van der Waals surface area contributed by atoms with E-state index in [9.17, 15) is 4.79 Å². The summed E-state index contributed by atoms with van der Waals surface area (Å²) in [4.78, 5) is 21.6. The van der Waals surface area contributed by atoms with Crippen molar-refractivity contribution < 1.29 is 9.53 Å². The van der Waals surface area contributed by atoms with Gasteiger partial charge in [0.05, 0.1) is 18.8 Å². The summed E-state index contributed by atoms with van der Waals surface area (Å²) in [5.41, 5.74) is 3.04. The Morgan fingerprint density at radius 1 is 1.26 bits per heavy atom. The molecule has 2 heterocycles. The topological polar surface area (TPSA) is 57.7 Å². The number of ether oxygens (including phenoxy) is 1. The number of carbonyl (C=O) groups excluding carboxylic acids is 1. The maximum absolute atomic E-state index is 12.7. The van der Waals surface area contributed by atoms with Crippen LogP contribution in [0.25, 0.3) is 0 Å². The number of hydrogen-bond donors (Lipinski definition) is 1. The molecule has 1 aliphatic heterocycles. The third-order valence-corrected chi connectivity index (χ3v) is 4.76. The van der Waals surface area contributed by atoms with E-state index in [1.807, 2.05) is 12.1 Å². The van der Waals surface area contributed by atoms with Gasteiger partial charge in [-0.15, -0.1) is 0 Å². The molecule has 6 nitrogen and oxygen atoms in total. The summed E-state index contributed by atoms with van der Waals surface area (Å²) >= 11 is 0. The number of hydrogen-bond acceptors (Lipinski definition) is 5. The van der Waals surface area contributed by atoms with Crippen LogP contribution in [-0.2, 0) is 4.74 Å². The SMILES string of the molecule is CCN(CCNC(=O)c1cccnc1N1CCOCC1)c1cccc(C)c1. The van der Waals surface area contributed by atoms with E-state index in [1.54, 1.807) is 6.20 Å². The number of nitrogens with zero attached hydrogens (tertiary/aromatic N) is 3. The van der Waals surface area contributed by atoms with Gasteiger partial charge in [0.2, 0.25) is 0 Å². The summed E-state index contributed by atoms with van der Waals surface area (Å²) < 4.78 is 5.40. The zero-order valence-electron chi connectivity index (χ0n) is 16.1. The predicted octanol–water partition coefficient (Wildman–Crippen LogP) is 2.48. The number of rotatable bonds is 7. The van der Waals surface area contributed by atoms with Crippen molar-refractivity contribution in [3.05, 3.63) is 53.7 Å². The normalized spacial score (nSPS) is 14.1. The molecular weight excluding hydrogens is 340 g/mol. The third-order valence-electron chi connectivity index (χ3n) is 4.76. The van der Waals surface area contributed by atoms with Gasteiger partial charge in [-0.05, 0) is 43.7 Å². The van der Waals surface area contributed by atoms with E-state index in [-0.39, 0.29) is 5.91 Å². The van der Waals surface area contributed by atoms with Crippen molar-refractivity contribution in [3.8, 4) is 0 Å². The van der Waals surface area contributed by atoms with Crippen LogP contribution in [0.5, 0.6) is 0 Å². The molecule has 1 amide bonds. The molecule has 0 unspecified atom stereocenters. The summed E-state index contributed by atoms with van der Waals surface area (Å²) in [6.07, 6.45) is 1.73. The lowest BCUT2D eigenvalue weighted by Crippen LogP contribution is -2.39. The second-order valence-corrected chi connectivity index (χ2v) is 6.65. The molecule has 0 aliphatic carbocycles. The Bertz CT molecular complexity index is 759. The van der Waals surface area contributed by atoms with Crippen molar-refractivity contribution in [2.24, 2.45) is 0 Å². The minimum atomic E-state index is -0.0788. The van der Waals surface area contributed by atoms with Crippen LogP contribution in [0.2, 0.25) is 0 Å². The van der Waals surface area contributed by atoms with Crippen molar-refractivity contribution in [2.75, 3.05) is 55.7 Å². The summed E-state index contributed by atoms with van der Waals surface area (Å²) in [6.45, 7) is 9.31. The molecule has 2 aromatic rings. The molecule has 1 saturated heterocycles. The van der Waals surface area contributed by atoms with E-state index in [2.05, 4.69) is 58.2 Å². The van der Waals surface area contributed by atoms with Crippen LogP contribution in [0.15, 0.2) is 42.6 Å². The molecule has 27 heavy (non-hydrogen) atoms. The molecule has 0 atom stereocenters. The highest BCUT2D eigenvalue weighted by atomic mass is 16.5. The minimum Gasteiger partial charge on any atom is -0.378 e. The van der Waals surface area contributed by atoms with Crippen LogP contribution in [0.3, 0.4) is 0 Å². The largest absolute Gasteiger partial charge is 0.378 e. The van der Waals surface area contributed by atoms with Crippen molar-refractivity contribution in [2.45, 2.75) is 13.8 Å². The Labute approximate surface area is 161 Å². The predicted molar refractivity (Wildman–Crippen MR) is 109 cm³/mol. The highest BCUT2D eigenvalue weighted by Crippen LogP contribution is 2.18. The first-order valence-corrected chi connectivity index (χ1v) is 9.56. The van der Waals surface area contributed by atoms with Crippen molar-refractivity contribution in [1.82, 2.24) is 10.3 Å². The lowest BCUT2D eigenvalue weighted by atomic mass is 10.2. The van der Waals surface area contributed by atoms with Gasteiger partial charge in [-0.2, -0.15) is 0 Å². The van der Waals surface area contributed by atoms with Gasteiger partial charge in [0.15, 0.2) is 0 Å². The van der Waals surface area contributed by atoms with E-state index in [0.29, 0.717) is 25.3 Å². The molecule has 1 aliphatic rings. The molecule has 1 fully saturated rings. The molecule has 1 aromatic carbocycles. The maximum atomic E-state index is 12.7. The Kier molecular flexibility index (Phi) is 6.65. The van der Waals surface area contributed by atoms with Gasteiger partial charge < -0.3 is 19.9 Å².